The van der Waals surface area contributed by atoms with Gasteiger partial charge in [-0.15, -0.1) is 0 Å². The molecule has 1 unspecified atom stereocenters. The Labute approximate surface area is 180 Å². The van der Waals surface area contributed by atoms with Crippen LogP contribution in [0.15, 0.2) is 103 Å². The third kappa shape index (κ3) is 3.01. The van der Waals surface area contributed by atoms with Crippen molar-refractivity contribution in [2.24, 2.45) is 0 Å². The number of hydrogen-bond acceptors (Lipinski definition) is 2. The lowest BCUT2D eigenvalue weighted by Crippen LogP contribution is -2.37. The summed E-state index contributed by atoms with van der Waals surface area (Å²) in [6.45, 7) is 1.86. The van der Waals surface area contributed by atoms with Crippen molar-refractivity contribution in [2.45, 2.75) is 12.5 Å². The van der Waals surface area contributed by atoms with Crippen LogP contribution >= 0.6 is 11.6 Å². The average Bonchev–Trinajstić information content (AvgIpc) is 3.05. The van der Waals surface area contributed by atoms with Gasteiger partial charge >= 0.3 is 0 Å². The van der Waals surface area contributed by atoms with E-state index in [0.717, 1.165) is 33.4 Å². The molecule has 0 aromatic heterocycles. The fraction of sp³-hybridized carbons (Fsp3) is 0.0741. The maximum atomic E-state index is 13.2. The van der Waals surface area contributed by atoms with Gasteiger partial charge in [-0.25, -0.2) is 0 Å². The number of ketones is 1. The lowest BCUT2D eigenvalue weighted by atomic mass is 9.82. The van der Waals surface area contributed by atoms with E-state index in [2.05, 4.69) is 0 Å². The molecule has 0 radical (unpaired) electrons. The summed E-state index contributed by atoms with van der Waals surface area (Å²) in [5.41, 5.74) is 4.60. The fourth-order valence-corrected chi connectivity index (χ4v) is 4.25. The number of carbonyl (C=O) groups is 1. The van der Waals surface area contributed by atoms with Gasteiger partial charge in [0, 0.05) is 16.2 Å². The van der Waals surface area contributed by atoms with E-state index in [-0.39, 0.29) is 5.78 Å². The van der Waals surface area contributed by atoms with Crippen LogP contribution in [0.2, 0.25) is 5.02 Å². The number of hydrogen-bond donors (Lipinski definition) is 0. The third-order valence-electron chi connectivity index (χ3n) is 5.65. The summed E-state index contributed by atoms with van der Waals surface area (Å²) in [6.07, 6.45) is 3.74. The Hall–Kier alpha value is -3.36. The molecule has 0 N–H and O–H groups in total. The minimum absolute atomic E-state index is 0.0515. The maximum Gasteiger partial charge on any atom is 0.204 e. The Kier molecular flexibility index (Phi) is 4.45. The number of halogens is 1. The summed E-state index contributed by atoms with van der Waals surface area (Å²) in [6, 6.07) is 27.6. The monoisotopic (exact) mass is 410 g/mol. The van der Waals surface area contributed by atoms with Gasteiger partial charge in [-0.2, -0.15) is 0 Å². The van der Waals surface area contributed by atoms with Gasteiger partial charge in [0.25, 0.3) is 0 Å². The first kappa shape index (κ1) is 18.7. The van der Waals surface area contributed by atoms with Crippen LogP contribution in [0.4, 0.5) is 0 Å². The van der Waals surface area contributed by atoms with Gasteiger partial charge in [0.2, 0.25) is 5.78 Å². The molecule has 1 aliphatic carbocycles. The number of fused-ring (bicyclic) bond motifs is 1. The second kappa shape index (κ2) is 7.16. The first-order valence-electron chi connectivity index (χ1n) is 9.85. The van der Waals surface area contributed by atoms with Crippen LogP contribution in [0, 0.1) is 0 Å². The minimum Gasteiger partial charge on any atom is -0.474 e. The van der Waals surface area contributed by atoms with Gasteiger partial charge in [0.15, 0.2) is 5.60 Å². The van der Waals surface area contributed by atoms with E-state index >= 15 is 0 Å². The van der Waals surface area contributed by atoms with Gasteiger partial charge in [-0.1, -0.05) is 84.4 Å². The Balaban J connectivity index is 1.78. The van der Waals surface area contributed by atoms with Gasteiger partial charge < -0.3 is 4.74 Å². The predicted octanol–water partition coefficient (Wildman–Crippen LogP) is 6.59. The highest BCUT2D eigenvalue weighted by Gasteiger charge is 2.49. The van der Waals surface area contributed by atoms with Crippen LogP contribution in [0.25, 0.3) is 16.9 Å². The molecule has 5 rings (SSSR count). The molecule has 0 bridgehead atoms. The van der Waals surface area contributed by atoms with Crippen LogP contribution < -0.4 is 0 Å². The predicted molar refractivity (Wildman–Crippen MR) is 122 cm³/mol. The zero-order valence-corrected chi connectivity index (χ0v) is 17.2. The topological polar surface area (TPSA) is 26.3 Å². The molecule has 0 saturated heterocycles. The molecular weight excluding hydrogens is 392 g/mol. The molecule has 30 heavy (non-hydrogen) atoms. The highest BCUT2D eigenvalue weighted by Crippen LogP contribution is 2.50. The van der Waals surface area contributed by atoms with E-state index in [1.807, 2.05) is 97.9 Å². The highest BCUT2D eigenvalue weighted by molar-refractivity contribution is 6.30. The largest absolute Gasteiger partial charge is 0.474 e. The highest BCUT2D eigenvalue weighted by atomic mass is 35.5. The second-order valence-corrected chi connectivity index (χ2v) is 8.03. The van der Waals surface area contributed by atoms with Crippen LogP contribution in [0.5, 0.6) is 0 Å². The average molecular weight is 411 g/mol. The maximum absolute atomic E-state index is 13.2. The van der Waals surface area contributed by atoms with Crippen molar-refractivity contribution in [1.29, 1.82) is 0 Å². The molecule has 3 aromatic carbocycles. The summed E-state index contributed by atoms with van der Waals surface area (Å²) in [5, 5.41) is 0.674. The van der Waals surface area contributed by atoms with E-state index in [9.17, 15) is 4.79 Å². The molecule has 2 nitrogen and oxygen atoms in total. The van der Waals surface area contributed by atoms with Crippen molar-refractivity contribution in [3.63, 3.8) is 0 Å². The van der Waals surface area contributed by atoms with E-state index in [4.69, 9.17) is 16.3 Å². The quantitative estimate of drug-likeness (QED) is 0.486. The lowest BCUT2D eigenvalue weighted by Gasteiger charge is -2.34. The van der Waals surface area contributed by atoms with Crippen molar-refractivity contribution in [3.05, 3.63) is 124 Å². The molecule has 146 valence electrons. The molecule has 0 amide bonds. The number of benzene rings is 3. The molecule has 0 spiro atoms. The first-order valence-corrected chi connectivity index (χ1v) is 10.2. The standard InChI is InChI=1S/C27H19ClO2/c1-27-25(29)17-23(18-8-4-2-5-9-18)26(27)22(19-12-14-21(28)15-13-19)16-24(30-27)20-10-6-3-7-11-20/h2-17H,1H3. The van der Waals surface area contributed by atoms with Crippen molar-refractivity contribution >= 4 is 34.3 Å². The SMILES string of the molecule is CC12OC(c3ccccc3)=CC(c3ccc(Cl)cc3)=C1C(c1ccccc1)=CC2=O. The van der Waals surface area contributed by atoms with Crippen molar-refractivity contribution in [1.82, 2.24) is 0 Å². The lowest BCUT2D eigenvalue weighted by molar-refractivity contribution is -0.126. The molecule has 3 aromatic rings. The van der Waals surface area contributed by atoms with Crippen LogP contribution in [-0.4, -0.2) is 11.4 Å². The Bertz CT molecular complexity index is 1220. The van der Waals surface area contributed by atoms with Crippen LogP contribution in [0.3, 0.4) is 0 Å². The fourth-order valence-electron chi connectivity index (χ4n) is 4.12. The van der Waals surface area contributed by atoms with Crippen molar-refractivity contribution in [2.75, 3.05) is 0 Å². The second-order valence-electron chi connectivity index (χ2n) is 7.59. The van der Waals surface area contributed by atoms with Gasteiger partial charge in [0.05, 0.1) is 0 Å². The molecular formula is C27H19ClO2. The number of rotatable bonds is 3. The molecule has 0 fully saturated rings. The molecule has 3 heteroatoms. The summed E-state index contributed by atoms with van der Waals surface area (Å²) >= 11 is 6.14. The van der Waals surface area contributed by atoms with Gasteiger partial charge in [0.1, 0.15) is 5.76 Å². The Morgan fingerprint density at radius 1 is 0.733 bits per heavy atom. The summed E-state index contributed by atoms with van der Waals surface area (Å²) in [5.74, 6) is 0.632. The normalized spacial score (nSPS) is 20.4. The van der Waals surface area contributed by atoms with E-state index in [0.29, 0.717) is 10.8 Å². The number of allylic oxidation sites excluding steroid dienone is 2. The molecule has 1 atom stereocenters. The molecule has 1 heterocycles. The van der Waals surface area contributed by atoms with Crippen molar-refractivity contribution < 1.29 is 9.53 Å². The van der Waals surface area contributed by atoms with E-state index < -0.39 is 5.60 Å². The Morgan fingerprint density at radius 2 is 1.33 bits per heavy atom. The first-order chi connectivity index (χ1) is 14.6. The molecule has 0 saturated carbocycles. The molecule has 1 aliphatic heterocycles. The van der Waals surface area contributed by atoms with Crippen molar-refractivity contribution in [3.8, 4) is 0 Å². The third-order valence-corrected chi connectivity index (χ3v) is 5.90. The van der Waals surface area contributed by atoms with Gasteiger partial charge in [-0.05, 0) is 53.5 Å². The van der Waals surface area contributed by atoms with Crippen LogP contribution in [0.1, 0.15) is 23.6 Å². The number of ether oxygens (including phenoxy) is 1. The summed E-state index contributed by atoms with van der Waals surface area (Å²) in [4.78, 5) is 13.2. The van der Waals surface area contributed by atoms with E-state index in [1.165, 1.54) is 0 Å². The minimum atomic E-state index is -1.08. The number of carbonyl (C=O) groups excluding carboxylic acids is 1. The van der Waals surface area contributed by atoms with Gasteiger partial charge in [-0.3, -0.25) is 4.79 Å². The molecule has 2 aliphatic rings. The zero-order chi connectivity index (χ0) is 20.7. The summed E-state index contributed by atoms with van der Waals surface area (Å²) in [7, 11) is 0. The van der Waals surface area contributed by atoms with Crippen LogP contribution in [-0.2, 0) is 9.53 Å². The Morgan fingerprint density at radius 3 is 1.97 bits per heavy atom. The smallest absolute Gasteiger partial charge is 0.204 e. The zero-order valence-electron chi connectivity index (χ0n) is 16.4. The van der Waals surface area contributed by atoms with E-state index in [1.54, 1.807) is 6.08 Å². The summed E-state index contributed by atoms with van der Waals surface area (Å²) < 4.78 is 6.40.